The number of nitrogens with zero attached hydrogens (tertiary/aromatic N) is 3. The first-order chi connectivity index (χ1) is 9.04. The molecule has 1 aliphatic rings. The van der Waals surface area contributed by atoms with E-state index < -0.39 is 10.0 Å². The summed E-state index contributed by atoms with van der Waals surface area (Å²) in [5.41, 5.74) is 1.11. The van der Waals surface area contributed by atoms with Gasteiger partial charge in [-0.15, -0.1) is 0 Å². The lowest BCUT2D eigenvalue weighted by molar-refractivity contribution is 0.219. The maximum atomic E-state index is 12.3. The van der Waals surface area contributed by atoms with Crippen molar-refractivity contribution in [3.63, 3.8) is 0 Å². The molecule has 0 unspecified atom stereocenters. The second kappa shape index (κ2) is 5.96. The van der Waals surface area contributed by atoms with Crippen molar-refractivity contribution in [3.8, 4) is 0 Å². The molecule has 0 radical (unpaired) electrons. The maximum Gasteiger partial charge on any atom is 0.246 e. The van der Waals surface area contributed by atoms with Crippen molar-refractivity contribution in [2.45, 2.75) is 11.3 Å². The molecule has 0 saturated carbocycles. The highest BCUT2D eigenvalue weighted by Crippen LogP contribution is 2.19. The standard InChI is InChI=1S/C11H14ClN3O3S/c1-18-8-9-2-4-15(5-3-9)19(16,17)10-6-13-11(12)14-7-10/h2,6-7H,3-5,8H2,1H3. The molecule has 1 aromatic rings. The Bertz CT molecular complexity index is 571. The van der Waals surface area contributed by atoms with Crippen molar-refractivity contribution in [2.24, 2.45) is 0 Å². The monoisotopic (exact) mass is 303 g/mol. The number of halogens is 1. The van der Waals surface area contributed by atoms with Crippen LogP contribution in [0.2, 0.25) is 5.28 Å². The summed E-state index contributed by atoms with van der Waals surface area (Å²) in [6, 6.07) is 0. The van der Waals surface area contributed by atoms with Crippen LogP contribution in [0, 0.1) is 0 Å². The molecule has 0 amide bonds. The topological polar surface area (TPSA) is 72.4 Å². The summed E-state index contributed by atoms with van der Waals surface area (Å²) in [4.78, 5) is 7.45. The molecule has 0 aromatic carbocycles. The molecule has 0 spiro atoms. The van der Waals surface area contributed by atoms with Gasteiger partial charge in [0.1, 0.15) is 4.90 Å². The van der Waals surface area contributed by atoms with Crippen LogP contribution in [0.3, 0.4) is 0 Å². The van der Waals surface area contributed by atoms with E-state index in [1.807, 2.05) is 6.08 Å². The fourth-order valence-corrected chi connectivity index (χ4v) is 3.18. The summed E-state index contributed by atoms with van der Waals surface area (Å²) >= 11 is 5.55. The molecule has 2 heterocycles. The predicted octanol–water partition coefficient (Wildman–Crippen LogP) is 1.10. The second-order valence-corrected chi connectivity index (χ2v) is 6.37. The molecule has 0 saturated heterocycles. The Morgan fingerprint density at radius 3 is 2.63 bits per heavy atom. The third-order valence-electron chi connectivity index (χ3n) is 2.83. The number of ether oxygens (including phenoxy) is 1. The lowest BCUT2D eigenvalue weighted by Gasteiger charge is -2.25. The van der Waals surface area contributed by atoms with E-state index >= 15 is 0 Å². The zero-order valence-corrected chi connectivity index (χ0v) is 12.0. The molecule has 1 aliphatic heterocycles. The molecule has 0 aliphatic carbocycles. The molecular formula is C11H14ClN3O3S. The van der Waals surface area contributed by atoms with Gasteiger partial charge in [-0.2, -0.15) is 4.31 Å². The van der Waals surface area contributed by atoms with Gasteiger partial charge in [-0.05, 0) is 23.6 Å². The average Bonchev–Trinajstić information content (AvgIpc) is 2.40. The second-order valence-electron chi connectivity index (χ2n) is 4.10. The van der Waals surface area contributed by atoms with E-state index in [9.17, 15) is 8.42 Å². The van der Waals surface area contributed by atoms with Crippen LogP contribution in [0.4, 0.5) is 0 Å². The molecule has 2 rings (SSSR count). The van der Waals surface area contributed by atoms with Gasteiger partial charge in [-0.1, -0.05) is 6.08 Å². The molecular weight excluding hydrogens is 290 g/mol. The molecule has 8 heteroatoms. The van der Waals surface area contributed by atoms with Gasteiger partial charge in [-0.3, -0.25) is 0 Å². The Balaban J connectivity index is 2.16. The van der Waals surface area contributed by atoms with E-state index in [1.54, 1.807) is 7.11 Å². The van der Waals surface area contributed by atoms with Crippen LogP contribution in [0.1, 0.15) is 6.42 Å². The average molecular weight is 304 g/mol. The third kappa shape index (κ3) is 3.30. The van der Waals surface area contributed by atoms with Gasteiger partial charge < -0.3 is 4.74 Å². The van der Waals surface area contributed by atoms with Gasteiger partial charge in [0, 0.05) is 20.2 Å². The van der Waals surface area contributed by atoms with Crippen LogP contribution < -0.4 is 0 Å². The van der Waals surface area contributed by atoms with Crippen LogP contribution >= 0.6 is 11.6 Å². The highest BCUT2D eigenvalue weighted by Gasteiger charge is 2.26. The summed E-state index contributed by atoms with van der Waals surface area (Å²) in [5.74, 6) is 0. The number of hydrogen-bond donors (Lipinski definition) is 0. The zero-order valence-electron chi connectivity index (χ0n) is 10.4. The molecule has 6 nitrogen and oxygen atoms in total. The van der Waals surface area contributed by atoms with E-state index in [0.717, 1.165) is 5.57 Å². The quantitative estimate of drug-likeness (QED) is 0.615. The van der Waals surface area contributed by atoms with Crippen molar-refractivity contribution in [2.75, 3.05) is 26.8 Å². The van der Waals surface area contributed by atoms with Crippen LogP contribution in [-0.2, 0) is 14.8 Å². The van der Waals surface area contributed by atoms with Crippen molar-refractivity contribution in [3.05, 3.63) is 29.3 Å². The fraction of sp³-hybridized carbons (Fsp3) is 0.455. The Hall–Kier alpha value is -1.02. The Labute approximate surface area is 117 Å². The van der Waals surface area contributed by atoms with Crippen molar-refractivity contribution >= 4 is 21.6 Å². The van der Waals surface area contributed by atoms with Crippen molar-refractivity contribution in [1.82, 2.24) is 14.3 Å². The Kier molecular flexibility index (Phi) is 4.51. The van der Waals surface area contributed by atoms with Crippen LogP contribution in [0.25, 0.3) is 0 Å². The van der Waals surface area contributed by atoms with Crippen molar-refractivity contribution < 1.29 is 13.2 Å². The number of rotatable bonds is 4. The zero-order chi connectivity index (χ0) is 13.9. The number of aromatic nitrogens is 2. The van der Waals surface area contributed by atoms with Gasteiger partial charge in [-0.25, -0.2) is 18.4 Å². The van der Waals surface area contributed by atoms with E-state index in [1.165, 1.54) is 16.7 Å². The highest BCUT2D eigenvalue weighted by atomic mass is 35.5. The maximum absolute atomic E-state index is 12.3. The minimum absolute atomic E-state index is 0.0277. The summed E-state index contributed by atoms with van der Waals surface area (Å²) in [7, 11) is -1.93. The molecule has 0 bridgehead atoms. The molecule has 0 N–H and O–H groups in total. The van der Waals surface area contributed by atoms with Gasteiger partial charge in [0.25, 0.3) is 0 Å². The van der Waals surface area contributed by atoms with Crippen LogP contribution in [0.15, 0.2) is 28.9 Å². The molecule has 0 atom stereocenters. The summed E-state index contributed by atoms with van der Waals surface area (Å²) < 4.78 is 31.0. The SMILES string of the molecule is COCC1=CCN(S(=O)(=O)c2cnc(Cl)nc2)CC1. The lowest BCUT2D eigenvalue weighted by Crippen LogP contribution is -2.35. The van der Waals surface area contributed by atoms with E-state index in [-0.39, 0.29) is 10.2 Å². The van der Waals surface area contributed by atoms with Gasteiger partial charge >= 0.3 is 0 Å². The highest BCUT2D eigenvalue weighted by molar-refractivity contribution is 7.89. The minimum Gasteiger partial charge on any atom is -0.380 e. The minimum atomic E-state index is -3.55. The Morgan fingerprint density at radius 1 is 1.42 bits per heavy atom. The summed E-state index contributed by atoms with van der Waals surface area (Å²) in [5, 5.41) is 0.0277. The first-order valence-electron chi connectivity index (χ1n) is 5.68. The van der Waals surface area contributed by atoms with Gasteiger partial charge in [0.15, 0.2) is 0 Å². The predicted molar refractivity (Wildman–Crippen MR) is 70.4 cm³/mol. The molecule has 1 aromatic heterocycles. The largest absolute Gasteiger partial charge is 0.380 e. The van der Waals surface area contributed by atoms with Gasteiger partial charge in [0.2, 0.25) is 15.3 Å². The van der Waals surface area contributed by atoms with Crippen LogP contribution in [0.5, 0.6) is 0 Å². The summed E-state index contributed by atoms with van der Waals surface area (Å²) in [6.45, 7) is 1.31. The molecule has 19 heavy (non-hydrogen) atoms. The van der Waals surface area contributed by atoms with E-state index in [4.69, 9.17) is 16.3 Å². The van der Waals surface area contributed by atoms with E-state index in [2.05, 4.69) is 9.97 Å². The number of hydrogen-bond acceptors (Lipinski definition) is 5. The van der Waals surface area contributed by atoms with Crippen LogP contribution in [-0.4, -0.2) is 49.5 Å². The lowest BCUT2D eigenvalue weighted by atomic mass is 10.1. The fourth-order valence-electron chi connectivity index (χ4n) is 1.81. The van der Waals surface area contributed by atoms with E-state index in [0.29, 0.717) is 26.1 Å². The third-order valence-corrected chi connectivity index (χ3v) is 4.84. The first-order valence-corrected chi connectivity index (χ1v) is 7.50. The number of methoxy groups -OCH3 is 1. The summed E-state index contributed by atoms with van der Waals surface area (Å²) in [6.07, 6.45) is 4.99. The number of sulfonamides is 1. The smallest absolute Gasteiger partial charge is 0.246 e. The Morgan fingerprint density at radius 2 is 2.11 bits per heavy atom. The molecule has 104 valence electrons. The van der Waals surface area contributed by atoms with Gasteiger partial charge in [0.05, 0.1) is 19.0 Å². The van der Waals surface area contributed by atoms with Crippen molar-refractivity contribution in [1.29, 1.82) is 0 Å². The normalized spacial score (nSPS) is 17.3. The molecule has 0 fully saturated rings. The first kappa shape index (κ1) is 14.4.